The van der Waals surface area contributed by atoms with Crippen LogP contribution in [0, 0.1) is 0 Å². The standard InChI is InChI=1S/C22H24N6O2/c1-15(2)28-19-10-6-5-9-18(19)24-20(28)11-13-23-21(29)12-14-27-22(30)16-7-3-4-8-17(16)25-26-27/h3-10,15H,11-14H2,1-2H3,(H,23,29). The van der Waals surface area contributed by atoms with Gasteiger partial charge in [0.05, 0.1) is 23.0 Å². The summed E-state index contributed by atoms with van der Waals surface area (Å²) in [5, 5.41) is 11.4. The molecule has 2 aromatic heterocycles. The number of hydrogen-bond donors (Lipinski definition) is 1. The highest BCUT2D eigenvalue weighted by Crippen LogP contribution is 2.21. The molecular weight excluding hydrogens is 380 g/mol. The van der Waals surface area contributed by atoms with Gasteiger partial charge in [0.1, 0.15) is 11.3 Å². The van der Waals surface area contributed by atoms with Gasteiger partial charge in [0.25, 0.3) is 5.56 Å². The molecule has 0 atom stereocenters. The van der Waals surface area contributed by atoms with Crippen LogP contribution in [0.4, 0.5) is 0 Å². The average Bonchev–Trinajstić information content (AvgIpc) is 3.12. The minimum atomic E-state index is -0.237. The monoisotopic (exact) mass is 404 g/mol. The van der Waals surface area contributed by atoms with E-state index in [-0.39, 0.29) is 30.5 Å². The molecule has 0 aliphatic rings. The number of nitrogens with one attached hydrogen (secondary N) is 1. The van der Waals surface area contributed by atoms with Crippen molar-refractivity contribution >= 4 is 27.8 Å². The van der Waals surface area contributed by atoms with Crippen molar-refractivity contribution in [3.05, 3.63) is 64.7 Å². The van der Waals surface area contributed by atoms with Crippen LogP contribution in [0.3, 0.4) is 0 Å². The number of para-hydroxylation sites is 2. The van der Waals surface area contributed by atoms with E-state index < -0.39 is 0 Å². The second-order valence-electron chi connectivity index (χ2n) is 7.47. The van der Waals surface area contributed by atoms with Crippen LogP contribution >= 0.6 is 0 Å². The van der Waals surface area contributed by atoms with Crippen molar-refractivity contribution < 1.29 is 4.79 Å². The first-order valence-corrected chi connectivity index (χ1v) is 10.1. The molecule has 2 heterocycles. The predicted molar refractivity (Wildman–Crippen MR) is 115 cm³/mol. The molecule has 0 fully saturated rings. The van der Waals surface area contributed by atoms with Crippen LogP contribution in [0.1, 0.15) is 32.1 Å². The maximum atomic E-state index is 12.4. The first-order chi connectivity index (χ1) is 14.5. The number of benzene rings is 2. The van der Waals surface area contributed by atoms with Gasteiger partial charge in [0.2, 0.25) is 5.91 Å². The van der Waals surface area contributed by atoms with Crippen molar-refractivity contribution in [3.63, 3.8) is 0 Å². The molecule has 4 aromatic rings. The van der Waals surface area contributed by atoms with Crippen molar-refractivity contribution in [3.8, 4) is 0 Å². The molecule has 8 heteroatoms. The van der Waals surface area contributed by atoms with Gasteiger partial charge in [0, 0.05) is 25.4 Å². The van der Waals surface area contributed by atoms with Crippen molar-refractivity contribution in [2.75, 3.05) is 6.54 Å². The number of amides is 1. The van der Waals surface area contributed by atoms with Gasteiger partial charge in [-0.25, -0.2) is 9.67 Å². The van der Waals surface area contributed by atoms with Crippen molar-refractivity contribution in [2.45, 2.75) is 39.3 Å². The van der Waals surface area contributed by atoms with E-state index in [0.29, 0.717) is 23.9 Å². The Morgan fingerprint density at radius 3 is 2.60 bits per heavy atom. The zero-order valence-electron chi connectivity index (χ0n) is 17.1. The molecule has 154 valence electrons. The molecule has 4 rings (SSSR count). The summed E-state index contributed by atoms with van der Waals surface area (Å²) in [6, 6.07) is 15.4. The van der Waals surface area contributed by atoms with Crippen LogP contribution in [0.5, 0.6) is 0 Å². The second kappa shape index (κ2) is 8.44. The fourth-order valence-electron chi connectivity index (χ4n) is 3.63. The molecule has 0 unspecified atom stereocenters. The average molecular weight is 404 g/mol. The van der Waals surface area contributed by atoms with E-state index >= 15 is 0 Å². The maximum Gasteiger partial charge on any atom is 0.277 e. The predicted octanol–water partition coefficient (Wildman–Crippen LogP) is 2.47. The molecule has 0 saturated heterocycles. The minimum absolute atomic E-state index is 0.135. The molecular formula is C22H24N6O2. The fraction of sp³-hybridized carbons (Fsp3) is 0.318. The van der Waals surface area contributed by atoms with Gasteiger partial charge in [-0.05, 0) is 38.1 Å². The molecule has 0 bridgehead atoms. The number of aromatic nitrogens is 5. The van der Waals surface area contributed by atoms with E-state index in [1.54, 1.807) is 18.2 Å². The Morgan fingerprint density at radius 1 is 1.07 bits per heavy atom. The van der Waals surface area contributed by atoms with Gasteiger partial charge < -0.3 is 9.88 Å². The fourth-order valence-corrected chi connectivity index (χ4v) is 3.63. The molecule has 1 amide bonds. The third-order valence-corrected chi connectivity index (χ3v) is 5.04. The van der Waals surface area contributed by atoms with E-state index in [1.165, 1.54) is 4.68 Å². The van der Waals surface area contributed by atoms with Gasteiger partial charge in [-0.1, -0.05) is 29.5 Å². The summed E-state index contributed by atoms with van der Waals surface area (Å²) in [6.45, 7) is 4.91. The summed E-state index contributed by atoms with van der Waals surface area (Å²) in [6.07, 6.45) is 0.794. The summed E-state index contributed by atoms with van der Waals surface area (Å²) in [4.78, 5) is 29.4. The van der Waals surface area contributed by atoms with Crippen LogP contribution in [0.2, 0.25) is 0 Å². The molecule has 0 aliphatic carbocycles. The molecule has 1 N–H and O–H groups in total. The Balaban J connectivity index is 1.36. The zero-order valence-corrected chi connectivity index (χ0v) is 17.1. The third kappa shape index (κ3) is 3.94. The van der Waals surface area contributed by atoms with Crippen molar-refractivity contribution in [1.29, 1.82) is 0 Å². The van der Waals surface area contributed by atoms with E-state index in [4.69, 9.17) is 4.98 Å². The number of nitrogens with zero attached hydrogens (tertiary/aromatic N) is 5. The molecule has 30 heavy (non-hydrogen) atoms. The largest absolute Gasteiger partial charge is 0.356 e. The van der Waals surface area contributed by atoms with Crippen LogP contribution in [0.25, 0.3) is 21.9 Å². The van der Waals surface area contributed by atoms with Crippen molar-refractivity contribution in [1.82, 2.24) is 29.9 Å². The Bertz CT molecular complexity index is 1260. The number of fused-ring (bicyclic) bond motifs is 2. The first-order valence-electron chi connectivity index (χ1n) is 10.1. The van der Waals surface area contributed by atoms with Gasteiger partial charge in [-0.2, -0.15) is 0 Å². The number of aryl methyl sites for hydroxylation is 1. The van der Waals surface area contributed by atoms with Gasteiger partial charge >= 0.3 is 0 Å². The van der Waals surface area contributed by atoms with E-state index in [9.17, 15) is 9.59 Å². The van der Waals surface area contributed by atoms with E-state index in [0.717, 1.165) is 16.9 Å². The highest BCUT2D eigenvalue weighted by atomic mass is 16.2. The normalized spacial score (nSPS) is 11.4. The smallest absolute Gasteiger partial charge is 0.277 e. The van der Waals surface area contributed by atoms with Crippen LogP contribution in [0.15, 0.2) is 53.3 Å². The highest BCUT2D eigenvalue weighted by Gasteiger charge is 2.13. The minimum Gasteiger partial charge on any atom is -0.356 e. The van der Waals surface area contributed by atoms with Crippen LogP contribution in [-0.4, -0.2) is 37.0 Å². The van der Waals surface area contributed by atoms with E-state index in [2.05, 4.69) is 40.1 Å². The number of rotatable bonds is 7. The molecule has 0 aliphatic heterocycles. The molecule has 0 spiro atoms. The molecule has 2 aromatic carbocycles. The summed E-state index contributed by atoms with van der Waals surface area (Å²) < 4.78 is 3.44. The van der Waals surface area contributed by atoms with Crippen molar-refractivity contribution in [2.24, 2.45) is 0 Å². The molecule has 0 saturated carbocycles. The number of hydrogen-bond acceptors (Lipinski definition) is 5. The van der Waals surface area contributed by atoms with Crippen LogP contribution in [-0.2, 0) is 17.8 Å². The summed E-state index contributed by atoms with van der Waals surface area (Å²) in [7, 11) is 0. The molecule has 8 nitrogen and oxygen atoms in total. The van der Waals surface area contributed by atoms with Crippen LogP contribution < -0.4 is 10.9 Å². The summed E-state index contributed by atoms with van der Waals surface area (Å²) in [5.74, 6) is 0.812. The number of carbonyl (C=O) groups is 1. The Labute approximate surface area is 173 Å². The highest BCUT2D eigenvalue weighted by molar-refractivity contribution is 5.77. The Kier molecular flexibility index (Phi) is 5.56. The zero-order chi connectivity index (χ0) is 21.1. The SMILES string of the molecule is CC(C)n1c(CCNC(=O)CCn2nnc3ccccc3c2=O)nc2ccccc21. The van der Waals surface area contributed by atoms with Gasteiger partial charge in [-0.15, -0.1) is 5.10 Å². The first kappa shape index (κ1) is 19.8. The number of carbonyl (C=O) groups excluding carboxylic acids is 1. The third-order valence-electron chi connectivity index (χ3n) is 5.04. The lowest BCUT2D eigenvalue weighted by Gasteiger charge is -2.13. The topological polar surface area (TPSA) is 94.7 Å². The lowest BCUT2D eigenvalue weighted by atomic mass is 10.2. The van der Waals surface area contributed by atoms with E-state index in [1.807, 2.05) is 24.3 Å². The van der Waals surface area contributed by atoms with Gasteiger partial charge in [0.15, 0.2) is 0 Å². The lowest BCUT2D eigenvalue weighted by molar-refractivity contribution is -0.121. The number of imidazole rings is 1. The Morgan fingerprint density at radius 2 is 1.80 bits per heavy atom. The van der Waals surface area contributed by atoms with Gasteiger partial charge in [-0.3, -0.25) is 9.59 Å². The second-order valence-corrected chi connectivity index (χ2v) is 7.47. The lowest BCUT2D eigenvalue weighted by Crippen LogP contribution is -2.30. The Hall–Kier alpha value is -3.55. The quantitative estimate of drug-likeness (QED) is 0.511. The summed E-state index contributed by atoms with van der Waals surface area (Å²) >= 11 is 0. The molecule has 0 radical (unpaired) electrons. The maximum absolute atomic E-state index is 12.4. The summed E-state index contributed by atoms with van der Waals surface area (Å²) in [5.41, 5.74) is 2.38.